The van der Waals surface area contributed by atoms with Crippen LogP contribution < -0.4 is 19.7 Å². The van der Waals surface area contributed by atoms with E-state index in [1.54, 1.807) is 30.2 Å². The first-order valence-electron chi connectivity index (χ1n) is 10.9. The van der Waals surface area contributed by atoms with Crippen molar-refractivity contribution in [3.8, 4) is 11.5 Å². The largest absolute Gasteiger partial charge is 0.496 e. The number of rotatable bonds is 4. The smallest absolute Gasteiger partial charge is 0.324 e. The number of hydrogen-bond acceptors (Lipinski definition) is 4. The molecule has 0 aliphatic carbocycles. The molecule has 2 aromatic carbocycles. The molecule has 0 aromatic heterocycles. The number of hydrogen-bond donors (Lipinski definition) is 1. The standard InChI is InChI=1S/C24H28ClN3O4/c1-16-15-28(20-13-19(25)7-8-22(20)32-16)24(30)27-11-9-17(10-12-27)23(29)26-14-18-5-3-4-6-21(18)31-2/h3-8,13,16-17H,9-12,14-15H2,1-2H3,(H,26,29)/t16-/m1/s1. The molecule has 1 fully saturated rings. The molecular weight excluding hydrogens is 430 g/mol. The van der Waals surface area contributed by atoms with Gasteiger partial charge in [-0.15, -0.1) is 0 Å². The number of anilines is 1. The Labute approximate surface area is 193 Å². The number of fused-ring (bicyclic) bond motifs is 1. The summed E-state index contributed by atoms with van der Waals surface area (Å²) < 4.78 is 11.2. The minimum absolute atomic E-state index is 0.0140. The molecule has 2 aliphatic rings. The van der Waals surface area contributed by atoms with Crippen LogP contribution in [0.4, 0.5) is 10.5 Å². The molecule has 1 atom stereocenters. The molecule has 0 unspecified atom stereocenters. The fourth-order valence-electron chi connectivity index (χ4n) is 4.27. The van der Waals surface area contributed by atoms with Crippen LogP contribution in [0, 0.1) is 5.92 Å². The maximum atomic E-state index is 13.3. The lowest BCUT2D eigenvalue weighted by Crippen LogP contribution is -2.52. The number of methoxy groups -OCH3 is 1. The molecule has 8 heteroatoms. The first-order chi connectivity index (χ1) is 15.5. The van der Waals surface area contributed by atoms with E-state index in [0.717, 1.165) is 11.3 Å². The van der Waals surface area contributed by atoms with Crippen molar-refractivity contribution < 1.29 is 19.1 Å². The molecule has 1 N–H and O–H groups in total. The number of benzene rings is 2. The molecule has 0 bridgehead atoms. The quantitative estimate of drug-likeness (QED) is 0.750. The second-order valence-corrected chi connectivity index (χ2v) is 8.66. The highest BCUT2D eigenvalue weighted by Crippen LogP contribution is 2.36. The van der Waals surface area contributed by atoms with E-state index >= 15 is 0 Å². The van der Waals surface area contributed by atoms with Crippen molar-refractivity contribution in [2.45, 2.75) is 32.4 Å². The van der Waals surface area contributed by atoms with Gasteiger partial charge in [0.2, 0.25) is 5.91 Å². The summed E-state index contributed by atoms with van der Waals surface area (Å²) in [6.45, 7) is 3.90. The van der Waals surface area contributed by atoms with Crippen LogP contribution in [0.1, 0.15) is 25.3 Å². The van der Waals surface area contributed by atoms with Crippen LogP contribution in [0.25, 0.3) is 0 Å². The molecule has 2 heterocycles. The first-order valence-corrected chi connectivity index (χ1v) is 11.3. The molecule has 0 spiro atoms. The predicted molar refractivity (Wildman–Crippen MR) is 123 cm³/mol. The van der Waals surface area contributed by atoms with Crippen molar-refractivity contribution in [1.29, 1.82) is 0 Å². The predicted octanol–water partition coefficient (Wildman–Crippen LogP) is 4.08. The number of likely N-dealkylation sites (tertiary alicyclic amines) is 1. The van der Waals surface area contributed by atoms with Crippen molar-refractivity contribution in [2.24, 2.45) is 5.92 Å². The average Bonchev–Trinajstić information content (AvgIpc) is 2.82. The summed E-state index contributed by atoms with van der Waals surface area (Å²) in [7, 11) is 1.62. The summed E-state index contributed by atoms with van der Waals surface area (Å²) in [6.07, 6.45) is 1.16. The Morgan fingerprint density at radius 2 is 1.94 bits per heavy atom. The Bertz CT molecular complexity index is 991. The second-order valence-electron chi connectivity index (χ2n) is 8.22. The van der Waals surface area contributed by atoms with Gasteiger partial charge in [0.1, 0.15) is 17.6 Å². The lowest BCUT2D eigenvalue weighted by molar-refractivity contribution is -0.126. The monoisotopic (exact) mass is 457 g/mol. The zero-order valence-corrected chi connectivity index (χ0v) is 19.1. The van der Waals surface area contributed by atoms with Gasteiger partial charge in [-0.3, -0.25) is 9.69 Å². The van der Waals surface area contributed by atoms with Gasteiger partial charge in [0.05, 0.1) is 19.3 Å². The van der Waals surface area contributed by atoms with Crippen LogP contribution in [0.5, 0.6) is 11.5 Å². The minimum Gasteiger partial charge on any atom is -0.496 e. The van der Waals surface area contributed by atoms with Crippen LogP contribution in [-0.2, 0) is 11.3 Å². The Morgan fingerprint density at radius 3 is 2.69 bits per heavy atom. The Kier molecular flexibility index (Phi) is 6.74. The fraction of sp³-hybridized carbons (Fsp3) is 0.417. The SMILES string of the molecule is COc1ccccc1CNC(=O)C1CCN(C(=O)N2C[C@@H](C)Oc3ccc(Cl)cc32)CC1. The van der Waals surface area contributed by atoms with Gasteiger partial charge in [0, 0.05) is 36.1 Å². The van der Waals surface area contributed by atoms with Gasteiger partial charge in [-0.05, 0) is 44.0 Å². The molecule has 0 saturated carbocycles. The van der Waals surface area contributed by atoms with E-state index in [1.807, 2.05) is 36.1 Å². The van der Waals surface area contributed by atoms with Gasteiger partial charge >= 0.3 is 6.03 Å². The van der Waals surface area contributed by atoms with Crippen molar-refractivity contribution in [3.05, 3.63) is 53.1 Å². The van der Waals surface area contributed by atoms with Crippen LogP contribution >= 0.6 is 11.6 Å². The number of halogens is 1. The van der Waals surface area contributed by atoms with Gasteiger partial charge in [-0.2, -0.15) is 0 Å². The van der Waals surface area contributed by atoms with E-state index in [2.05, 4.69) is 5.32 Å². The molecule has 7 nitrogen and oxygen atoms in total. The number of ether oxygens (including phenoxy) is 2. The Morgan fingerprint density at radius 1 is 1.19 bits per heavy atom. The fourth-order valence-corrected chi connectivity index (χ4v) is 4.44. The Hall–Kier alpha value is -2.93. The van der Waals surface area contributed by atoms with Crippen LogP contribution in [-0.4, -0.2) is 49.7 Å². The molecule has 32 heavy (non-hydrogen) atoms. The number of amides is 3. The molecule has 4 rings (SSSR count). The van der Waals surface area contributed by atoms with Crippen molar-refractivity contribution >= 4 is 29.2 Å². The van der Waals surface area contributed by atoms with Crippen molar-refractivity contribution in [1.82, 2.24) is 10.2 Å². The van der Waals surface area contributed by atoms with Gasteiger partial charge in [0.25, 0.3) is 0 Å². The zero-order valence-electron chi connectivity index (χ0n) is 18.3. The molecule has 1 saturated heterocycles. The molecule has 2 aliphatic heterocycles. The number of nitrogens with zero attached hydrogens (tertiary/aromatic N) is 2. The van der Waals surface area contributed by atoms with Gasteiger partial charge in [-0.1, -0.05) is 29.8 Å². The number of nitrogens with one attached hydrogen (secondary N) is 1. The third kappa shape index (κ3) is 4.78. The van der Waals surface area contributed by atoms with E-state index in [1.165, 1.54) is 0 Å². The number of piperidine rings is 1. The maximum absolute atomic E-state index is 13.3. The van der Waals surface area contributed by atoms with E-state index in [4.69, 9.17) is 21.1 Å². The van der Waals surface area contributed by atoms with Gasteiger partial charge < -0.3 is 19.7 Å². The zero-order chi connectivity index (χ0) is 22.7. The third-order valence-corrected chi connectivity index (χ3v) is 6.23. The summed E-state index contributed by atoms with van der Waals surface area (Å²) in [5.41, 5.74) is 1.63. The van der Waals surface area contributed by atoms with Gasteiger partial charge in [-0.25, -0.2) is 4.79 Å². The normalized spacial score (nSPS) is 18.5. The second kappa shape index (κ2) is 9.69. The average molecular weight is 458 g/mol. The summed E-state index contributed by atoms with van der Waals surface area (Å²) in [5, 5.41) is 3.57. The first kappa shape index (κ1) is 22.3. The third-order valence-electron chi connectivity index (χ3n) is 5.99. The van der Waals surface area contributed by atoms with Gasteiger partial charge in [0.15, 0.2) is 0 Å². The molecule has 170 valence electrons. The van der Waals surface area contributed by atoms with E-state index in [9.17, 15) is 9.59 Å². The van der Waals surface area contributed by atoms with E-state index in [0.29, 0.717) is 55.5 Å². The summed E-state index contributed by atoms with van der Waals surface area (Å²) in [6, 6.07) is 12.9. The molecule has 2 aromatic rings. The van der Waals surface area contributed by atoms with Crippen LogP contribution in [0.2, 0.25) is 5.02 Å². The molecule has 0 radical (unpaired) electrons. The highest BCUT2D eigenvalue weighted by atomic mass is 35.5. The number of para-hydroxylation sites is 1. The number of carbonyl (C=O) groups is 2. The summed E-state index contributed by atoms with van der Waals surface area (Å²) in [4.78, 5) is 29.5. The summed E-state index contributed by atoms with van der Waals surface area (Å²) >= 11 is 6.16. The minimum atomic E-state index is -0.112. The lowest BCUT2D eigenvalue weighted by atomic mass is 9.96. The highest BCUT2D eigenvalue weighted by molar-refractivity contribution is 6.31. The molecular formula is C24H28ClN3O4. The summed E-state index contributed by atoms with van der Waals surface area (Å²) in [5.74, 6) is 1.32. The highest BCUT2D eigenvalue weighted by Gasteiger charge is 2.34. The van der Waals surface area contributed by atoms with Crippen LogP contribution in [0.15, 0.2) is 42.5 Å². The maximum Gasteiger partial charge on any atom is 0.324 e. The lowest BCUT2D eigenvalue weighted by Gasteiger charge is -2.39. The van der Waals surface area contributed by atoms with Crippen molar-refractivity contribution in [2.75, 3.05) is 31.6 Å². The number of carbonyl (C=O) groups excluding carboxylic acids is 2. The van der Waals surface area contributed by atoms with Crippen molar-refractivity contribution in [3.63, 3.8) is 0 Å². The topological polar surface area (TPSA) is 71.1 Å². The van der Waals surface area contributed by atoms with E-state index in [-0.39, 0.29) is 24.0 Å². The Balaban J connectivity index is 1.34. The van der Waals surface area contributed by atoms with Crippen LogP contribution in [0.3, 0.4) is 0 Å². The number of urea groups is 1. The van der Waals surface area contributed by atoms with E-state index < -0.39 is 0 Å². The molecule has 3 amide bonds.